The fourth-order valence-corrected chi connectivity index (χ4v) is 2.43. The molecule has 0 radical (unpaired) electrons. The first-order chi connectivity index (χ1) is 8.81. The second-order valence-corrected chi connectivity index (χ2v) is 5.80. The van der Waals surface area contributed by atoms with Gasteiger partial charge in [0.05, 0.1) is 15.0 Å². The molecule has 0 unspecified atom stereocenters. The molecule has 7 heteroatoms. The number of rotatable bonds is 6. The summed E-state index contributed by atoms with van der Waals surface area (Å²) >= 11 is 1.92. The van der Waals surface area contributed by atoms with Gasteiger partial charge in [0.25, 0.3) is 5.69 Å². The van der Waals surface area contributed by atoms with Gasteiger partial charge in [-0.1, -0.05) is 13.8 Å². The minimum absolute atomic E-state index is 0.0629. The molecule has 6 nitrogen and oxygen atoms in total. The van der Waals surface area contributed by atoms with E-state index in [4.69, 9.17) is 5.73 Å². The summed E-state index contributed by atoms with van der Waals surface area (Å²) in [6.07, 6.45) is 0. The maximum Gasteiger partial charge on any atom is 0.282 e. The van der Waals surface area contributed by atoms with E-state index >= 15 is 0 Å². The second-order valence-electron chi connectivity index (χ2n) is 4.63. The Morgan fingerprint density at radius 1 is 1.53 bits per heavy atom. The van der Waals surface area contributed by atoms with Crippen molar-refractivity contribution in [2.24, 2.45) is 11.7 Å². The molecular formula is C12H16IN3O3. The normalized spacial score (nSPS) is 10.5. The van der Waals surface area contributed by atoms with Crippen molar-refractivity contribution in [3.05, 3.63) is 31.9 Å². The fourth-order valence-electron chi connectivity index (χ4n) is 1.73. The van der Waals surface area contributed by atoms with Gasteiger partial charge in [-0.3, -0.25) is 14.9 Å². The molecule has 0 aliphatic rings. The Balaban J connectivity index is 3.05. The molecule has 0 heterocycles. The summed E-state index contributed by atoms with van der Waals surface area (Å²) < 4.78 is 0.540. The molecule has 0 aliphatic heterocycles. The molecule has 1 amide bonds. The van der Waals surface area contributed by atoms with Gasteiger partial charge >= 0.3 is 0 Å². The van der Waals surface area contributed by atoms with Gasteiger partial charge in [0.2, 0.25) is 5.91 Å². The van der Waals surface area contributed by atoms with Crippen molar-refractivity contribution in [2.75, 3.05) is 18.0 Å². The average Bonchev–Trinajstić information content (AvgIpc) is 2.26. The number of carbonyl (C=O) groups is 1. The van der Waals surface area contributed by atoms with E-state index in [0.717, 1.165) is 5.69 Å². The zero-order valence-corrected chi connectivity index (χ0v) is 13.0. The number of primary amides is 1. The molecular weight excluding hydrogens is 361 g/mol. The van der Waals surface area contributed by atoms with E-state index in [1.807, 2.05) is 41.3 Å². The Hall–Kier alpha value is -1.38. The van der Waals surface area contributed by atoms with Gasteiger partial charge in [0, 0.05) is 18.3 Å². The van der Waals surface area contributed by atoms with Crippen LogP contribution in [0.3, 0.4) is 0 Å². The zero-order chi connectivity index (χ0) is 14.6. The number of anilines is 1. The smallest absolute Gasteiger partial charge is 0.282 e. The molecule has 0 bridgehead atoms. The van der Waals surface area contributed by atoms with Crippen LogP contribution < -0.4 is 10.6 Å². The van der Waals surface area contributed by atoms with Gasteiger partial charge in [0.15, 0.2) is 0 Å². The lowest BCUT2D eigenvalue weighted by Gasteiger charge is -2.25. The fraction of sp³-hybridized carbons (Fsp3) is 0.417. The lowest BCUT2D eigenvalue weighted by atomic mass is 10.2. The molecule has 1 aromatic rings. The summed E-state index contributed by atoms with van der Waals surface area (Å²) in [7, 11) is 0. The van der Waals surface area contributed by atoms with Gasteiger partial charge in [-0.15, -0.1) is 0 Å². The Bertz CT molecular complexity index is 491. The molecule has 0 saturated heterocycles. The highest BCUT2D eigenvalue weighted by Crippen LogP contribution is 2.26. The molecule has 104 valence electrons. The van der Waals surface area contributed by atoms with E-state index in [1.165, 1.54) is 6.07 Å². The summed E-state index contributed by atoms with van der Waals surface area (Å²) in [4.78, 5) is 23.3. The van der Waals surface area contributed by atoms with Crippen LogP contribution in [0.4, 0.5) is 11.4 Å². The van der Waals surface area contributed by atoms with E-state index in [2.05, 4.69) is 0 Å². The van der Waals surface area contributed by atoms with Gasteiger partial charge < -0.3 is 10.6 Å². The van der Waals surface area contributed by atoms with Crippen molar-refractivity contribution in [3.8, 4) is 0 Å². The summed E-state index contributed by atoms with van der Waals surface area (Å²) in [5.74, 6) is -0.0683. The molecule has 1 rings (SSSR count). The highest BCUT2D eigenvalue weighted by atomic mass is 127. The maximum absolute atomic E-state index is 11.1. The minimum atomic E-state index is -0.424. The number of nitrogens with zero attached hydrogens (tertiary/aromatic N) is 2. The average molecular weight is 377 g/mol. The molecule has 0 fully saturated rings. The van der Waals surface area contributed by atoms with Crippen molar-refractivity contribution in [1.29, 1.82) is 0 Å². The predicted molar refractivity (Wildman–Crippen MR) is 82.1 cm³/mol. The zero-order valence-electron chi connectivity index (χ0n) is 10.8. The number of nitro benzene ring substituents is 1. The highest BCUT2D eigenvalue weighted by molar-refractivity contribution is 14.1. The van der Waals surface area contributed by atoms with Gasteiger partial charge in [-0.25, -0.2) is 0 Å². The monoisotopic (exact) mass is 377 g/mol. The minimum Gasteiger partial charge on any atom is -0.368 e. The quantitative estimate of drug-likeness (QED) is 0.467. The van der Waals surface area contributed by atoms with Crippen LogP contribution in [0.2, 0.25) is 0 Å². The van der Waals surface area contributed by atoms with Crippen LogP contribution in [0.5, 0.6) is 0 Å². The van der Waals surface area contributed by atoms with E-state index in [-0.39, 0.29) is 12.2 Å². The number of halogens is 1. The summed E-state index contributed by atoms with van der Waals surface area (Å²) in [6, 6.07) is 4.79. The molecule has 0 spiro atoms. The summed E-state index contributed by atoms with van der Waals surface area (Å²) in [6.45, 7) is 4.83. The Labute approximate surface area is 125 Å². The number of carbonyl (C=O) groups excluding carboxylic acids is 1. The Morgan fingerprint density at radius 3 is 2.58 bits per heavy atom. The van der Waals surface area contributed by atoms with E-state index in [1.54, 1.807) is 12.1 Å². The third-order valence-electron chi connectivity index (χ3n) is 2.43. The van der Waals surface area contributed by atoms with Crippen LogP contribution in [-0.4, -0.2) is 23.9 Å². The number of nitro groups is 1. The molecule has 19 heavy (non-hydrogen) atoms. The number of benzene rings is 1. The first-order valence-corrected chi connectivity index (χ1v) is 6.86. The first kappa shape index (κ1) is 15.7. The number of hydrogen-bond acceptors (Lipinski definition) is 4. The maximum atomic E-state index is 11.1. The van der Waals surface area contributed by atoms with Crippen LogP contribution in [0.15, 0.2) is 18.2 Å². The second kappa shape index (κ2) is 6.69. The van der Waals surface area contributed by atoms with Gasteiger partial charge in [-0.2, -0.15) is 0 Å². The molecule has 0 atom stereocenters. The molecule has 0 saturated carbocycles. The largest absolute Gasteiger partial charge is 0.368 e. The third-order valence-corrected chi connectivity index (χ3v) is 3.29. The van der Waals surface area contributed by atoms with Gasteiger partial charge in [-0.05, 0) is 40.6 Å². The van der Waals surface area contributed by atoms with Crippen LogP contribution >= 0.6 is 22.6 Å². The van der Waals surface area contributed by atoms with Crippen LogP contribution in [0.1, 0.15) is 13.8 Å². The van der Waals surface area contributed by atoms with Gasteiger partial charge in [0.1, 0.15) is 0 Å². The predicted octanol–water partition coefficient (Wildman–Crippen LogP) is 2.15. The molecule has 2 N–H and O–H groups in total. The van der Waals surface area contributed by atoms with Crippen molar-refractivity contribution in [2.45, 2.75) is 13.8 Å². The van der Waals surface area contributed by atoms with E-state index < -0.39 is 10.8 Å². The topological polar surface area (TPSA) is 89.5 Å². The standard InChI is InChI=1S/C12H16IN3O3/c1-8(2)6-15(7-12(14)17)9-3-4-11(16(18)19)10(13)5-9/h3-5,8H,6-7H2,1-2H3,(H2,14,17). The first-order valence-electron chi connectivity index (χ1n) is 5.78. The van der Waals surface area contributed by atoms with Crippen molar-refractivity contribution in [1.82, 2.24) is 0 Å². The van der Waals surface area contributed by atoms with Crippen molar-refractivity contribution in [3.63, 3.8) is 0 Å². The number of amides is 1. The lowest BCUT2D eigenvalue weighted by Crippen LogP contribution is -2.36. The van der Waals surface area contributed by atoms with Crippen LogP contribution in [0.25, 0.3) is 0 Å². The Morgan fingerprint density at radius 2 is 2.16 bits per heavy atom. The SMILES string of the molecule is CC(C)CN(CC(N)=O)c1ccc([N+](=O)[O-])c(I)c1. The third kappa shape index (κ3) is 4.66. The molecule has 0 aromatic heterocycles. The van der Waals surface area contributed by atoms with Crippen LogP contribution in [0, 0.1) is 19.6 Å². The lowest BCUT2D eigenvalue weighted by molar-refractivity contribution is -0.385. The van der Waals surface area contributed by atoms with E-state index in [0.29, 0.717) is 16.0 Å². The van der Waals surface area contributed by atoms with Crippen molar-refractivity contribution >= 4 is 39.9 Å². The van der Waals surface area contributed by atoms with Crippen LogP contribution in [-0.2, 0) is 4.79 Å². The summed E-state index contributed by atoms with van der Waals surface area (Å²) in [5.41, 5.74) is 6.06. The summed E-state index contributed by atoms with van der Waals surface area (Å²) in [5, 5.41) is 10.8. The number of nitrogens with two attached hydrogens (primary N) is 1. The molecule has 0 aliphatic carbocycles. The van der Waals surface area contributed by atoms with E-state index in [9.17, 15) is 14.9 Å². The molecule has 1 aromatic carbocycles. The number of hydrogen-bond donors (Lipinski definition) is 1. The van der Waals surface area contributed by atoms with Crippen molar-refractivity contribution < 1.29 is 9.72 Å². The Kier molecular flexibility index (Phi) is 5.52. The highest BCUT2D eigenvalue weighted by Gasteiger charge is 2.16.